The van der Waals surface area contributed by atoms with Gasteiger partial charge in [0.1, 0.15) is 5.75 Å². The smallest absolute Gasteiger partial charge is 0.123 e. The molecule has 0 aliphatic carbocycles. The van der Waals surface area contributed by atoms with E-state index in [2.05, 4.69) is 48.0 Å². The van der Waals surface area contributed by atoms with Crippen LogP contribution in [0, 0.1) is 0 Å². The molecule has 0 fully saturated rings. The summed E-state index contributed by atoms with van der Waals surface area (Å²) in [6, 6.07) is 6.59. The molecule has 1 aromatic rings. The molecule has 1 nitrogen and oxygen atoms in total. The van der Waals surface area contributed by atoms with Gasteiger partial charge in [-0.15, -0.1) is 0 Å². The topological polar surface area (TPSA) is 9.23 Å². The fourth-order valence-corrected chi connectivity index (χ4v) is 2.51. The average Bonchev–Trinajstić information content (AvgIpc) is 2.19. The molecular weight excluding hydrogens is 252 g/mol. The molecule has 2 rings (SSSR count). The fourth-order valence-electron chi connectivity index (χ4n) is 2.05. The number of aryl methyl sites for hydroxylation is 1. The van der Waals surface area contributed by atoms with Crippen LogP contribution in [0.3, 0.4) is 0 Å². The van der Waals surface area contributed by atoms with Crippen molar-refractivity contribution in [2.75, 3.05) is 11.9 Å². The maximum absolute atomic E-state index is 5.68. The zero-order valence-corrected chi connectivity index (χ0v) is 10.9. The molecule has 0 saturated carbocycles. The minimum atomic E-state index is 0.260. The molecule has 1 heterocycles. The zero-order chi connectivity index (χ0) is 10.9. The second-order valence-corrected chi connectivity index (χ2v) is 5.54. The number of fused-ring (bicyclic) bond motifs is 1. The summed E-state index contributed by atoms with van der Waals surface area (Å²) < 4.78 is 5.68. The third-order valence-corrected chi connectivity index (χ3v) is 3.54. The number of benzene rings is 1. The van der Waals surface area contributed by atoms with Crippen molar-refractivity contribution in [2.24, 2.45) is 0 Å². The van der Waals surface area contributed by atoms with E-state index >= 15 is 0 Å². The second-order valence-electron chi connectivity index (χ2n) is 4.75. The molecule has 2 heteroatoms. The Hall–Kier alpha value is -0.500. The summed E-state index contributed by atoms with van der Waals surface area (Å²) in [6.07, 6.45) is 2.20. The summed E-state index contributed by atoms with van der Waals surface area (Å²) in [5, 5.41) is 1.02. The number of alkyl halides is 1. The first-order valence-electron chi connectivity index (χ1n) is 5.46. The molecule has 0 amide bonds. The van der Waals surface area contributed by atoms with Crippen molar-refractivity contribution < 1.29 is 4.74 Å². The number of hydrogen-bond donors (Lipinski definition) is 0. The lowest BCUT2D eigenvalue weighted by Crippen LogP contribution is -2.26. The summed E-state index contributed by atoms with van der Waals surface area (Å²) in [7, 11) is 0. The molecule has 1 aliphatic rings. The molecule has 1 aromatic carbocycles. The summed E-state index contributed by atoms with van der Waals surface area (Å²) in [5.41, 5.74) is 3.02. The first-order valence-corrected chi connectivity index (χ1v) is 6.58. The van der Waals surface area contributed by atoms with Crippen LogP contribution < -0.4 is 4.74 Å². The summed E-state index contributed by atoms with van der Waals surface area (Å²) in [5.74, 6) is 1.07. The normalized spacial score (nSPS) is 18.1. The second kappa shape index (κ2) is 4.17. The van der Waals surface area contributed by atoms with Crippen LogP contribution in [0.15, 0.2) is 18.2 Å². The van der Waals surface area contributed by atoms with Gasteiger partial charge in [-0.2, -0.15) is 0 Å². The Morgan fingerprint density at radius 1 is 1.40 bits per heavy atom. The van der Waals surface area contributed by atoms with E-state index in [0.717, 1.165) is 30.5 Å². The van der Waals surface area contributed by atoms with Crippen molar-refractivity contribution >= 4 is 15.9 Å². The minimum Gasteiger partial charge on any atom is -0.493 e. The van der Waals surface area contributed by atoms with Gasteiger partial charge in [0.15, 0.2) is 0 Å². The average molecular weight is 269 g/mol. The van der Waals surface area contributed by atoms with E-state index < -0.39 is 0 Å². The van der Waals surface area contributed by atoms with Crippen LogP contribution in [-0.4, -0.2) is 11.9 Å². The van der Waals surface area contributed by atoms with E-state index in [-0.39, 0.29) is 5.41 Å². The van der Waals surface area contributed by atoms with Gasteiger partial charge in [-0.3, -0.25) is 0 Å². The van der Waals surface area contributed by atoms with Crippen LogP contribution in [0.25, 0.3) is 0 Å². The van der Waals surface area contributed by atoms with Gasteiger partial charge in [-0.25, -0.2) is 0 Å². The molecule has 0 atom stereocenters. The Morgan fingerprint density at radius 3 is 2.93 bits per heavy atom. The predicted molar refractivity (Wildman–Crippen MR) is 67.1 cm³/mol. The molecule has 15 heavy (non-hydrogen) atoms. The van der Waals surface area contributed by atoms with E-state index in [1.54, 1.807) is 0 Å². The minimum absolute atomic E-state index is 0.260. The molecule has 0 radical (unpaired) electrons. The van der Waals surface area contributed by atoms with Gasteiger partial charge < -0.3 is 4.74 Å². The molecule has 0 N–H and O–H groups in total. The molecular formula is C13H17BrO. The van der Waals surface area contributed by atoms with Crippen LogP contribution in [0.4, 0.5) is 0 Å². The lowest BCUT2D eigenvalue weighted by molar-refractivity contribution is 0.234. The third kappa shape index (κ3) is 2.20. The van der Waals surface area contributed by atoms with E-state index in [4.69, 9.17) is 4.74 Å². The maximum atomic E-state index is 5.68. The van der Waals surface area contributed by atoms with Crippen LogP contribution in [-0.2, 0) is 11.8 Å². The van der Waals surface area contributed by atoms with Crippen molar-refractivity contribution in [1.29, 1.82) is 0 Å². The van der Waals surface area contributed by atoms with Crippen molar-refractivity contribution in [2.45, 2.75) is 32.1 Å². The van der Waals surface area contributed by atoms with Gasteiger partial charge in [0.2, 0.25) is 0 Å². The maximum Gasteiger partial charge on any atom is 0.123 e. The van der Waals surface area contributed by atoms with Crippen LogP contribution in [0.2, 0.25) is 0 Å². The van der Waals surface area contributed by atoms with Crippen LogP contribution >= 0.6 is 15.9 Å². The monoisotopic (exact) mass is 268 g/mol. The largest absolute Gasteiger partial charge is 0.493 e. The van der Waals surface area contributed by atoms with Crippen LogP contribution in [0.5, 0.6) is 5.75 Å². The van der Waals surface area contributed by atoms with Gasteiger partial charge in [0.05, 0.1) is 6.61 Å². The van der Waals surface area contributed by atoms with E-state index in [1.807, 2.05) is 0 Å². The van der Waals surface area contributed by atoms with Crippen LogP contribution in [0.1, 0.15) is 31.4 Å². The highest BCUT2D eigenvalue weighted by Gasteiger charge is 2.28. The van der Waals surface area contributed by atoms with Crippen molar-refractivity contribution in [1.82, 2.24) is 0 Å². The molecule has 0 saturated heterocycles. The molecule has 0 spiro atoms. The number of ether oxygens (including phenoxy) is 1. The van der Waals surface area contributed by atoms with E-state index in [0.29, 0.717) is 0 Å². The highest BCUT2D eigenvalue weighted by Crippen LogP contribution is 2.38. The molecule has 0 unspecified atom stereocenters. The standard InChI is InChI=1S/C13H17BrO/c1-13(2)6-8-15-12-4-3-10(5-7-14)9-11(12)13/h3-4,9H,5-8H2,1-2H3. The Bertz CT molecular complexity index is 358. The van der Waals surface area contributed by atoms with Crippen molar-refractivity contribution in [3.8, 4) is 5.75 Å². The quantitative estimate of drug-likeness (QED) is 0.744. The summed E-state index contributed by atoms with van der Waals surface area (Å²) in [6.45, 7) is 5.44. The third-order valence-electron chi connectivity index (χ3n) is 3.14. The number of halogens is 1. The molecule has 82 valence electrons. The fraction of sp³-hybridized carbons (Fsp3) is 0.538. The molecule has 1 aliphatic heterocycles. The lowest BCUT2D eigenvalue weighted by Gasteiger charge is -2.32. The van der Waals surface area contributed by atoms with Gasteiger partial charge in [-0.1, -0.05) is 41.9 Å². The predicted octanol–water partition coefficient (Wildman–Crippen LogP) is 3.68. The lowest BCUT2D eigenvalue weighted by atomic mass is 9.79. The molecule has 0 aromatic heterocycles. The summed E-state index contributed by atoms with van der Waals surface area (Å²) in [4.78, 5) is 0. The van der Waals surface area contributed by atoms with E-state index in [1.165, 1.54) is 11.1 Å². The Morgan fingerprint density at radius 2 is 2.20 bits per heavy atom. The first kappa shape index (κ1) is 11.0. The van der Waals surface area contributed by atoms with Crippen molar-refractivity contribution in [3.05, 3.63) is 29.3 Å². The van der Waals surface area contributed by atoms with Gasteiger partial charge in [0.25, 0.3) is 0 Å². The highest BCUT2D eigenvalue weighted by molar-refractivity contribution is 9.09. The number of rotatable bonds is 2. The van der Waals surface area contributed by atoms with Gasteiger partial charge in [-0.05, 0) is 29.9 Å². The SMILES string of the molecule is CC1(C)CCOc2ccc(CCBr)cc21. The van der Waals surface area contributed by atoms with Gasteiger partial charge >= 0.3 is 0 Å². The Kier molecular flexibility index (Phi) is 3.06. The number of hydrogen-bond acceptors (Lipinski definition) is 1. The first-order chi connectivity index (χ1) is 7.13. The zero-order valence-electron chi connectivity index (χ0n) is 9.35. The Balaban J connectivity index is 2.39. The Labute approximate surface area is 100.0 Å². The van der Waals surface area contributed by atoms with E-state index in [9.17, 15) is 0 Å². The summed E-state index contributed by atoms with van der Waals surface area (Å²) >= 11 is 3.48. The molecule has 0 bridgehead atoms. The van der Waals surface area contributed by atoms with Crippen molar-refractivity contribution in [3.63, 3.8) is 0 Å². The highest BCUT2D eigenvalue weighted by atomic mass is 79.9. The van der Waals surface area contributed by atoms with Gasteiger partial charge in [0, 0.05) is 10.9 Å².